The van der Waals surface area contributed by atoms with Gasteiger partial charge in [0, 0.05) is 6.08 Å². The predicted molar refractivity (Wildman–Crippen MR) is 63.1 cm³/mol. The van der Waals surface area contributed by atoms with Crippen molar-refractivity contribution in [3.8, 4) is 0 Å². The van der Waals surface area contributed by atoms with Crippen LogP contribution in [-0.2, 0) is 4.79 Å². The summed E-state index contributed by atoms with van der Waals surface area (Å²) < 4.78 is 5.03. The third kappa shape index (κ3) is 3.72. The summed E-state index contributed by atoms with van der Waals surface area (Å²) in [7, 11) is 0. The standard InChI is InChI=1S/C12H17NO4/c1-2-12(8-14,9-15)13-11(16)6-5-10-4-3-7-17-10/h3-7,14-15H,2,8-9H2,1H3,(H,13,16)/b6-5+. The molecule has 0 aliphatic rings. The van der Waals surface area contributed by atoms with Crippen LogP contribution in [0.2, 0.25) is 0 Å². The first-order valence-electron chi connectivity index (χ1n) is 5.41. The van der Waals surface area contributed by atoms with Crippen molar-refractivity contribution >= 4 is 12.0 Å². The minimum atomic E-state index is -0.968. The van der Waals surface area contributed by atoms with Crippen LogP contribution in [-0.4, -0.2) is 34.9 Å². The summed E-state index contributed by atoms with van der Waals surface area (Å²) in [5, 5.41) is 20.9. The van der Waals surface area contributed by atoms with Crippen LogP contribution >= 0.6 is 0 Å². The molecule has 0 aliphatic heterocycles. The highest BCUT2D eigenvalue weighted by atomic mass is 16.3. The molecule has 0 unspecified atom stereocenters. The van der Waals surface area contributed by atoms with E-state index in [0.29, 0.717) is 12.2 Å². The summed E-state index contributed by atoms with van der Waals surface area (Å²) in [4.78, 5) is 11.6. The maximum Gasteiger partial charge on any atom is 0.244 e. The van der Waals surface area contributed by atoms with Gasteiger partial charge in [-0.15, -0.1) is 0 Å². The van der Waals surface area contributed by atoms with Crippen LogP contribution in [0.1, 0.15) is 19.1 Å². The Morgan fingerprint density at radius 1 is 1.53 bits per heavy atom. The van der Waals surface area contributed by atoms with Gasteiger partial charge in [-0.1, -0.05) is 6.92 Å². The molecule has 0 spiro atoms. The molecule has 5 heteroatoms. The van der Waals surface area contributed by atoms with Gasteiger partial charge in [0.05, 0.1) is 25.0 Å². The Kier molecular flexibility index (Phi) is 4.93. The molecular weight excluding hydrogens is 222 g/mol. The van der Waals surface area contributed by atoms with Gasteiger partial charge in [-0.05, 0) is 24.6 Å². The molecule has 94 valence electrons. The molecule has 1 heterocycles. The predicted octanol–water partition coefficient (Wildman–Crippen LogP) is 0.542. The van der Waals surface area contributed by atoms with E-state index in [-0.39, 0.29) is 19.1 Å². The van der Waals surface area contributed by atoms with Crippen molar-refractivity contribution < 1.29 is 19.4 Å². The fourth-order valence-electron chi connectivity index (χ4n) is 1.29. The molecule has 17 heavy (non-hydrogen) atoms. The van der Waals surface area contributed by atoms with E-state index in [4.69, 9.17) is 14.6 Å². The Morgan fingerprint density at radius 2 is 2.24 bits per heavy atom. The summed E-state index contributed by atoms with van der Waals surface area (Å²) in [6.45, 7) is 1.17. The van der Waals surface area contributed by atoms with Crippen molar-refractivity contribution in [2.75, 3.05) is 13.2 Å². The molecule has 1 rings (SSSR count). The smallest absolute Gasteiger partial charge is 0.244 e. The van der Waals surface area contributed by atoms with Gasteiger partial charge in [0.2, 0.25) is 5.91 Å². The highest BCUT2D eigenvalue weighted by molar-refractivity contribution is 5.91. The Balaban J connectivity index is 2.59. The zero-order valence-electron chi connectivity index (χ0n) is 9.72. The third-order valence-electron chi connectivity index (χ3n) is 2.61. The molecule has 1 amide bonds. The van der Waals surface area contributed by atoms with Crippen molar-refractivity contribution in [2.24, 2.45) is 0 Å². The van der Waals surface area contributed by atoms with E-state index in [1.165, 1.54) is 18.4 Å². The minimum absolute atomic E-state index is 0.305. The summed E-state index contributed by atoms with van der Waals surface area (Å²) in [6.07, 6.45) is 4.77. The number of hydrogen-bond acceptors (Lipinski definition) is 4. The zero-order chi connectivity index (χ0) is 12.7. The van der Waals surface area contributed by atoms with Gasteiger partial charge in [0.1, 0.15) is 5.76 Å². The first kappa shape index (κ1) is 13.5. The van der Waals surface area contributed by atoms with Crippen LogP contribution < -0.4 is 5.32 Å². The van der Waals surface area contributed by atoms with Gasteiger partial charge in [-0.3, -0.25) is 4.79 Å². The van der Waals surface area contributed by atoms with Crippen molar-refractivity contribution in [1.82, 2.24) is 5.32 Å². The number of rotatable bonds is 6. The van der Waals surface area contributed by atoms with Crippen LogP contribution in [0.3, 0.4) is 0 Å². The van der Waals surface area contributed by atoms with Crippen LogP contribution in [0.25, 0.3) is 6.08 Å². The monoisotopic (exact) mass is 239 g/mol. The van der Waals surface area contributed by atoms with E-state index in [0.717, 1.165) is 0 Å². The number of carbonyl (C=O) groups is 1. The molecule has 0 radical (unpaired) electrons. The van der Waals surface area contributed by atoms with E-state index < -0.39 is 5.54 Å². The first-order chi connectivity index (χ1) is 8.15. The van der Waals surface area contributed by atoms with E-state index in [1.54, 1.807) is 19.1 Å². The number of carbonyl (C=O) groups excluding carboxylic acids is 1. The molecule has 5 nitrogen and oxygen atoms in total. The average molecular weight is 239 g/mol. The highest BCUT2D eigenvalue weighted by Crippen LogP contribution is 2.08. The first-order valence-corrected chi connectivity index (χ1v) is 5.41. The van der Waals surface area contributed by atoms with Gasteiger partial charge < -0.3 is 19.9 Å². The Bertz CT molecular complexity index is 358. The molecule has 3 N–H and O–H groups in total. The second-order valence-corrected chi connectivity index (χ2v) is 3.79. The molecule has 0 aromatic carbocycles. The molecule has 1 aromatic rings. The van der Waals surface area contributed by atoms with Crippen LogP contribution in [0.5, 0.6) is 0 Å². The molecule has 0 bridgehead atoms. The molecule has 0 saturated carbocycles. The number of aliphatic hydroxyl groups is 2. The molecule has 1 aromatic heterocycles. The Hall–Kier alpha value is -1.59. The third-order valence-corrected chi connectivity index (χ3v) is 2.61. The normalized spacial score (nSPS) is 11.9. The van der Waals surface area contributed by atoms with E-state index in [1.807, 2.05) is 0 Å². The van der Waals surface area contributed by atoms with Gasteiger partial charge in [-0.2, -0.15) is 0 Å². The number of aliphatic hydroxyl groups excluding tert-OH is 2. The lowest BCUT2D eigenvalue weighted by Crippen LogP contribution is -2.53. The Labute approximate surface area is 99.8 Å². The second-order valence-electron chi connectivity index (χ2n) is 3.79. The number of nitrogens with one attached hydrogen (secondary N) is 1. The Morgan fingerprint density at radius 3 is 2.71 bits per heavy atom. The maximum atomic E-state index is 11.6. The van der Waals surface area contributed by atoms with Crippen LogP contribution in [0, 0.1) is 0 Å². The summed E-state index contributed by atoms with van der Waals surface area (Å²) in [5.74, 6) is 0.182. The number of amides is 1. The topological polar surface area (TPSA) is 82.7 Å². The van der Waals surface area contributed by atoms with Gasteiger partial charge in [-0.25, -0.2) is 0 Å². The van der Waals surface area contributed by atoms with Gasteiger partial charge in [0.15, 0.2) is 0 Å². The zero-order valence-corrected chi connectivity index (χ0v) is 9.72. The van der Waals surface area contributed by atoms with Crippen molar-refractivity contribution in [3.63, 3.8) is 0 Å². The summed E-state index contributed by atoms with van der Waals surface area (Å²) in [5.41, 5.74) is -0.968. The van der Waals surface area contributed by atoms with Crippen molar-refractivity contribution in [1.29, 1.82) is 0 Å². The number of hydrogen-bond donors (Lipinski definition) is 3. The average Bonchev–Trinajstić information content (AvgIpc) is 2.87. The fraction of sp³-hybridized carbons (Fsp3) is 0.417. The fourth-order valence-corrected chi connectivity index (χ4v) is 1.29. The maximum absolute atomic E-state index is 11.6. The SMILES string of the molecule is CCC(CO)(CO)NC(=O)/C=C/c1ccco1. The second kappa shape index (κ2) is 6.22. The lowest BCUT2D eigenvalue weighted by atomic mass is 9.98. The lowest BCUT2D eigenvalue weighted by molar-refractivity contribution is -0.119. The van der Waals surface area contributed by atoms with Crippen molar-refractivity contribution in [3.05, 3.63) is 30.2 Å². The molecule has 0 saturated heterocycles. The van der Waals surface area contributed by atoms with Crippen LogP contribution in [0.15, 0.2) is 28.9 Å². The lowest BCUT2D eigenvalue weighted by Gasteiger charge is -2.28. The summed E-state index contributed by atoms with van der Waals surface area (Å²) in [6, 6.07) is 3.43. The molecular formula is C12H17NO4. The molecule has 0 fully saturated rings. The number of furan rings is 1. The minimum Gasteiger partial charge on any atom is -0.465 e. The molecule has 0 atom stereocenters. The van der Waals surface area contributed by atoms with E-state index in [9.17, 15) is 4.79 Å². The summed E-state index contributed by atoms with van der Waals surface area (Å²) >= 11 is 0. The van der Waals surface area contributed by atoms with E-state index >= 15 is 0 Å². The molecule has 0 aliphatic carbocycles. The highest BCUT2D eigenvalue weighted by Gasteiger charge is 2.27. The quantitative estimate of drug-likeness (QED) is 0.633. The largest absolute Gasteiger partial charge is 0.465 e. The van der Waals surface area contributed by atoms with Gasteiger partial charge in [0.25, 0.3) is 0 Å². The van der Waals surface area contributed by atoms with Crippen LogP contribution in [0.4, 0.5) is 0 Å². The van der Waals surface area contributed by atoms with E-state index in [2.05, 4.69) is 5.32 Å². The van der Waals surface area contributed by atoms with Crippen molar-refractivity contribution in [2.45, 2.75) is 18.9 Å². The van der Waals surface area contributed by atoms with Gasteiger partial charge >= 0.3 is 0 Å².